The summed E-state index contributed by atoms with van der Waals surface area (Å²) in [6.45, 7) is 2.27. The summed E-state index contributed by atoms with van der Waals surface area (Å²) < 4.78 is 0. The van der Waals surface area contributed by atoms with Crippen LogP contribution in [0.4, 0.5) is 0 Å². The second-order valence-corrected chi connectivity index (χ2v) is 4.45. The molecule has 0 radical (unpaired) electrons. The van der Waals surface area contributed by atoms with Gasteiger partial charge in [-0.05, 0) is 24.8 Å². The lowest BCUT2D eigenvalue weighted by atomic mass is 9.86. The van der Waals surface area contributed by atoms with Gasteiger partial charge in [0.25, 0.3) is 0 Å². The van der Waals surface area contributed by atoms with Crippen LogP contribution in [0.5, 0.6) is 0 Å². The van der Waals surface area contributed by atoms with E-state index in [0.717, 1.165) is 12.8 Å². The normalized spacial score (nSPS) is 20.5. The van der Waals surface area contributed by atoms with Crippen LogP contribution in [-0.4, -0.2) is 0 Å². The van der Waals surface area contributed by atoms with Crippen molar-refractivity contribution in [3.05, 3.63) is 71.9 Å². The molecule has 0 saturated carbocycles. The molecule has 88 valence electrons. The highest BCUT2D eigenvalue weighted by Gasteiger charge is 2.14. The Kier molecular flexibility index (Phi) is 4.37. The van der Waals surface area contributed by atoms with E-state index in [1.807, 2.05) is 0 Å². The summed E-state index contributed by atoms with van der Waals surface area (Å²) in [6.07, 6.45) is 25.3. The Balaban J connectivity index is 2.21. The Morgan fingerprint density at radius 3 is 2.82 bits per heavy atom. The Morgan fingerprint density at radius 2 is 1.94 bits per heavy atom. The summed E-state index contributed by atoms with van der Waals surface area (Å²) in [4.78, 5) is 0. The van der Waals surface area contributed by atoms with Crippen molar-refractivity contribution in [2.75, 3.05) is 0 Å². The maximum Gasteiger partial charge on any atom is 0.00487 e. The van der Waals surface area contributed by atoms with Gasteiger partial charge in [-0.2, -0.15) is 0 Å². The van der Waals surface area contributed by atoms with Gasteiger partial charge in [-0.15, -0.1) is 0 Å². The van der Waals surface area contributed by atoms with Gasteiger partial charge in [0, 0.05) is 5.92 Å². The van der Waals surface area contributed by atoms with E-state index in [9.17, 15) is 0 Å². The third kappa shape index (κ3) is 3.20. The van der Waals surface area contributed by atoms with Gasteiger partial charge in [0.1, 0.15) is 0 Å². The highest BCUT2D eigenvalue weighted by atomic mass is 14.2. The van der Waals surface area contributed by atoms with Crippen LogP contribution >= 0.6 is 0 Å². The Bertz CT molecular complexity index is 425. The van der Waals surface area contributed by atoms with Gasteiger partial charge in [0.15, 0.2) is 0 Å². The Morgan fingerprint density at radius 1 is 1.06 bits per heavy atom. The van der Waals surface area contributed by atoms with Crippen LogP contribution in [-0.2, 0) is 0 Å². The molecule has 0 aromatic rings. The first-order valence-electron chi connectivity index (χ1n) is 6.47. The van der Waals surface area contributed by atoms with Crippen molar-refractivity contribution >= 4 is 0 Å². The van der Waals surface area contributed by atoms with Crippen LogP contribution in [0.25, 0.3) is 0 Å². The first-order chi connectivity index (χ1) is 8.42. The van der Waals surface area contributed by atoms with E-state index < -0.39 is 0 Å². The van der Waals surface area contributed by atoms with Gasteiger partial charge >= 0.3 is 0 Å². The lowest BCUT2D eigenvalue weighted by molar-refractivity contribution is 0.682. The van der Waals surface area contributed by atoms with Crippen LogP contribution in [0.3, 0.4) is 0 Å². The molecule has 2 rings (SSSR count). The van der Waals surface area contributed by atoms with Crippen LogP contribution in [0.1, 0.15) is 26.2 Å². The quantitative estimate of drug-likeness (QED) is 0.639. The van der Waals surface area contributed by atoms with E-state index in [0.29, 0.717) is 5.92 Å². The number of allylic oxidation sites excluding steroid dienone is 12. The van der Waals surface area contributed by atoms with Crippen LogP contribution in [0.2, 0.25) is 0 Å². The third-order valence-electron chi connectivity index (χ3n) is 3.31. The fourth-order valence-corrected chi connectivity index (χ4v) is 2.42. The van der Waals surface area contributed by atoms with Crippen molar-refractivity contribution in [1.82, 2.24) is 0 Å². The molecule has 1 atom stereocenters. The van der Waals surface area contributed by atoms with E-state index in [1.165, 1.54) is 17.6 Å². The first-order valence-corrected chi connectivity index (χ1v) is 6.47. The van der Waals surface area contributed by atoms with E-state index in [1.54, 1.807) is 0 Å². The van der Waals surface area contributed by atoms with Crippen molar-refractivity contribution in [1.29, 1.82) is 0 Å². The predicted octanol–water partition coefficient (Wildman–Crippen LogP) is 4.90. The van der Waals surface area contributed by atoms with E-state index in [-0.39, 0.29) is 0 Å². The highest BCUT2D eigenvalue weighted by Crippen LogP contribution is 2.29. The molecule has 0 aliphatic heterocycles. The highest BCUT2D eigenvalue weighted by molar-refractivity contribution is 5.37. The van der Waals surface area contributed by atoms with Gasteiger partial charge in [0.2, 0.25) is 0 Å². The molecule has 0 amide bonds. The monoisotopic (exact) mass is 224 g/mol. The maximum atomic E-state index is 2.35. The SMILES string of the molecule is CCC(C1=CCC=CC=C1)C1=CC=CC=CC1. The molecule has 1 unspecified atom stereocenters. The topological polar surface area (TPSA) is 0 Å². The minimum atomic E-state index is 0.568. The number of hydrogen-bond donors (Lipinski definition) is 0. The molecule has 0 N–H and O–H groups in total. The zero-order valence-corrected chi connectivity index (χ0v) is 10.5. The van der Waals surface area contributed by atoms with Gasteiger partial charge in [-0.25, -0.2) is 0 Å². The molecule has 0 bridgehead atoms. The lowest BCUT2D eigenvalue weighted by Crippen LogP contribution is -2.05. The average Bonchev–Trinajstić information content (AvgIpc) is 2.75. The van der Waals surface area contributed by atoms with Crippen molar-refractivity contribution in [2.45, 2.75) is 26.2 Å². The predicted molar refractivity (Wildman–Crippen MR) is 75.7 cm³/mol. The molecule has 17 heavy (non-hydrogen) atoms. The zero-order chi connectivity index (χ0) is 11.9. The molecule has 2 aliphatic carbocycles. The molecule has 0 aromatic heterocycles. The van der Waals surface area contributed by atoms with Crippen molar-refractivity contribution < 1.29 is 0 Å². The van der Waals surface area contributed by atoms with E-state index in [4.69, 9.17) is 0 Å². The van der Waals surface area contributed by atoms with Crippen molar-refractivity contribution in [2.24, 2.45) is 5.92 Å². The fourth-order valence-electron chi connectivity index (χ4n) is 2.42. The molecule has 0 heterocycles. The zero-order valence-electron chi connectivity index (χ0n) is 10.5. The molecule has 0 saturated heterocycles. The number of hydrogen-bond acceptors (Lipinski definition) is 0. The lowest BCUT2D eigenvalue weighted by Gasteiger charge is -2.19. The van der Waals surface area contributed by atoms with Gasteiger partial charge in [0.05, 0.1) is 0 Å². The van der Waals surface area contributed by atoms with Crippen LogP contribution in [0, 0.1) is 5.92 Å². The molecule has 0 aromatic carbocycles. The fraction of sp³-hybridized carbons (Fsp3) is 0.294. The minimum absolute atomic E-state index is 0.568. The van der Waals surface area contributed by atoms with Gasteiger partial charge in [-0.3, -0.25) is 0 Å². The second kappa shape index (κ2) is 6.24. The Labute approximate surface area is 104 Å². The van der Waals surface area contributed by atoms with Gasteiger partial charge < -0.3 is 0 Å². The molecule has 0 spiro atoms. The van der Waals surface area contributed by atoms with Crippen molar-refractivity contribution in [3.63, 3.8) is 0 Å². The summed E-state index contributed by atoms with van der Waals surface area (Å²) in [7, 11) is 0. The molecule has 2 aliphatic rings. The summed E-state index contributed by atoms with van der Waals surface area (Å²) in [5, 5.41) is 0. The van der Waals surface area contributed by atoms with E-state index >= 15 is 0 Å². The minimum Gasteiger partial charge on any atom is -0.0807 e. The molecular weight excluding hydrogens is 204 g/mol. The van der Waals surface area contributed by atoms with Crippen LogP contribution < -0.4 is 0 Å². The van der Waals surface area contributed by atoms with Crippen molar-refractivity contribution in [3.8, 4) is 0 Å². The summed E-state index contributed by atoms with van der Waals surface area (Å²) in [5.74, 6) is 0.568. The first kappa shape index (κ1) is 11.9. The average molecular weight is 224 g/mol. The Hall–Kier alpha value is -1.56. The molecule has 0 fully saturated rings. The molecule has 0 nitrogen and oxygen atoms in total. The van der Waals surface area contributed by atoms with E-state index in [2.05, 4.69) is 67.7 Å². The standard InChI is InChI=1S/C17H20/c1-2-17(15-11-7-3-4-8-12-15)16-13-9-5-6-10-14-16/h3-9,11,13-14,17H,2,10,12H2,1H3. The number of rotatable bonds is 3. The molecular formula is C17H20. The van der Waals surface area contributed by atoms with Crippen LogP contribution in [0.15, 0.2) is 71.9 Å². The largest absolute Gasteiger partial charge is 0.0807 e. The summed E-state index contributed by atoms with van der Waals surface area (Å²) >= 11 is 0. The summed E-state index contributed by atoms with van der Waals surface area (Å²) in [5.41, 5.74) is 2.99. The maximum absolute atomic E-state index is 2.35. The smallest absolute Gasteiger partial charge is 0.00487 e. The second-order valence-electron chi connectivity index (χ2n) is 4.45. The third-order valence-corrected chi connectivity index (χ3v) is 3.31. The summed E-state index contributed by atoms with van der Waals surface area (Å²) in [6, 6.07) is 0. The van der Waals surface area contributed by atoms with Gasteiger partial charge in [-0.1, -0.05) is 73.3 Å². The molecule has 0 heteroatoms.